The van der Waals surface area contributed by atoms with Crippen LogP contribution in [0.2, 0.25) is 0 Å². The molecule has 1 saturated heterocycles. The second kappa shape index (κ2) is 6.94. The Morgan fingerprint density at radius 3 is 2.76 bits per heavy atom. The van der Waals surface area contributed by atoms with E-state index in [0.29, 0.717) is 0 Å². The number of piperidine rings is 1. The van der Waals surface area contributed by atoms with Crippen LogP contribution in [0.1, 0.15) is 37.7 Å². The van der Waals surface area contributed by atoms with Crippen LogP contribution >= 0.6 is 0 Å². The molecule has 3 heterocycles. The first-order valence-corrected chi connectivity index (χ1v) is 8.09. The lowest BCUT2D eigenvalue weighted by Gasteiger charge is -2.31. The highest BCUT2D eigenvalue weighted by Crippen LogP contribution is 2.21. The molecule has 21 heavy (non-hydrogen) atoms. The van der Waals surface area contributed by atoms with Crippen LogP contribution in [0.5, 0.6) is 0 Å². The molecule has 0 bridgehead atoms. The van der Waals surface area contributed by atoms with E-state index in [2.05, 4.69) is 39.7 Å². The third-order valence-corrected chi connectivity index (χ3v) is 4.33. The third kappa shape index (κ3) is 3.97. The number of imidazole rings is 1. The van der Waals surface area contributed by atoms with Gasteiger partial charge in [0.05, 0.1) is 12.9 Å². The molecule has 114 valence electrons. The molecule has 0 atom stereocenters. The van der Waals surface area contributed by atoms with Crippen molar-refractivity contribution >= 4 is 0 Å². The SMILES string of the molecule is CCCc1ccc(CN2CCC(Cn3ccnc3)CC2)o1. The molecule has 3 rings (SSSR count). The number of aryl methyl sites for hydroxylation is 1. The Kier molecular flexibility index (Phi) is 4.76. The normalized spacial score (nSPS) is 17.4. The zero-order chi connectivity index (χ0) is 14.5. The maximum Gasteiger partial charge on any atom is 0.118 e. The first-order valence-electron chi connectivity index (χ1n) is 8.09. The van der Waals surface area contributed by atoms with Gasteiger partial charge in [-0.15, -0.1) is 0 Å². The molecule has 0 saturated carbocycles. The summed E-state index contributed by atoms with van der Waals surface area (Å²) in [5, 5.41) is 0. The van der Waals surface area contributed by atoms with Crippen molar-refractivity contribution in [3.05, 3.63) is 42.4 Å². The van der Waals surface area contributed by atoms with E-state index in [9.17, 15) is 0 Å². The smallest absolute Gasteiger partial charge is 0.118 e. The minimum Gasteiger partial charge on any atom is -0.465 e. The van der Waals surface area contributed by atoms with Crippen LogP contribution in [-0.2, 0) is 19.5 Å². The minimum absolute atomic E-state index is 0.780. The number of hydrogen-bond acceptors (Lipinski definition) is 3. The lowest BCUT2D eigenvalue weighted by molar-refractivity contribution is 0.157. The van der Waals surface area contributed by atoms with E-state index in [-0.39, 0.29) is 0 Å². The van der Waals surface area contributed by atoms with E-state index < -0.39 is 0 Å². The second-order valence-electron chi connectivity index (χ2n) is 6.10. The molecule has 0 aliphatic carbocycles. The van der Waals surface area contributed by atoms with Crippen molar-refractivity contribution in [2.24, 2.45) is 5.92 Å². The average molecular weight is 287 g/mol. The lowest BCUT2D eigenvalue weighted by atomic mass is 9.96. The number of hydrogen-bond donors (Lipinski definition) is 0. The highest BCUT2D eigenvalue weighted by Gasteiger charge is 2.20. The van der Waals surface area contributed by atoms with Crippen molar-refractivity contribution in [3.63, 3.8) is 0 Å². The predicted molar refractivity (Wildman–Crippen MR) is 82.9 cm³/mol. The molecule has 0 radical (unpaired) electrons. The summed E-state index contributed by atoms with van der Waals surface area (Å²) in [5.74, 6) is 3.02. The Morgan fingerprint density at radius 1 is 1.24 bits per heavy atom. The Bertz CT molecular complexity index is 524. The predicted octanol–water partition coefficient (Wildman–Crippen LogP) is 3.34. The average Bonchev–Trinajstić information content (AvgIpc) is 3.14. The highest BCUT2D eigenvalue weighted by molar-refractivity contribution is 5.07. The van der Waals surface area contributed by atoms with Crippen molar-refractivity contribution in [1.82, 2.24) is 14.5 Å². The van der Waals surface area contributed by atoms with E-state index in [1.807, 2.05) is 12.5 Å². The summed E-state index contributed by atoms with van der Waals surface area (Å²) in [6.45, 7) is 6.59. The number of furan rings is 1. The van der Waals surface area contributed by atoms with Crippen LogP contribution in [0.4, 0.5) is 0 Å². The van der Waals surface area contributed by atoms with Crippen molar-refractivity contribution in [2.45, 2.75) is 45.7 Å². The summed E-state index contributed by atoms with van der Waals surface area (Å²) in [4.78, 5) is 6.63. The van der Waals surface area contributed by atoms with Gasteiger partial charge in [-0.05, 0) is 50.4 Å². The maximum absolute atomic E-state index is 5.88. The second-order valence-corrected chi connectivity index (χ2v) is 6.10. The van der Waals surface area contributed by atoms with Crippen molar-refractivity contribution in [3.8, 4) is 0 Å². The fourth-order valence-electron chi connectivity index (χ4n) is 3.13. The molecule has 4 nitrogen and oxygen atoms in total. The quantitative estimate of drug-likeness (QED) is 0.817. The Labute approximate surface area is 126 Å². The van der Waals surface area contributed by atoms with Gasteiger partial charge in [0.15, 0.2) is 0 Å². The molecule has 1 aliphatic rings. The summed E-state index contributed by atoms with van der Waals surface area (Å²) in [6.07, 6.45) is 10.6. The fourth-order valence-corrected chi connectivity index (χ4v) is 3.13. The molecule has 2 aromatic rings. The van der Waals surface area contributed by atoms with Crippen LogP contribution in [-0.4, -0.2) is 27.5 Å². The van der Waals surface area contributed by atoms with Crippen LogP contribution in [0.25, 0.3) is 0 Å². The number of aromatic nitrogens is 2. The van der Waals surface area contributed by atoms with Gasteiger partial charge in [-0.2, -0.15) is 0 Å². The van der Waals surface area contributed by atoms with Crippen LogP contribution in [0.15, 0.2) is 35.3 Å². The van der Waals surface area contributed by atoms with Crippen LogP contribution < -0.4 is 0 Å². The monoisotopic (exact) mass is 287 g/mol. The molecule has 0 aromatic carbocycles. The standard InChI is InChI=1S/C17H25N3O/c1-2-3-16-4-5-17(21-16)13-19-9-6-15(7-10-19)12-20-11-8-18-14-20/h4-5,8,11,14-15H,2-3,6-7,9-10,12-13H2,1H3. The maximum atomic E-state index is 5.88. The Hall–Kier alpha value is -1.55. The number of rotatable bonds is 6. The van der Waals surface area contributed by atoms with Gasteiger partial charge in [-0.25, -0.2) is 4.98 Å². The van der Waals surface area contributed by atoms with E-state index in [1.54, 1.807) is 0 Å². The molecule has 0 amide bonds. The fraction of sp³-hybridized carbons (Fsp3) is 0.588. The summed E-state index contributed by atoms with van der Waals surface area (Å²) in [6, 6.07) is 4.27. The van der Waals surface area contributed by atoms with Gasteiger partial charge in [0.25, 0.3) is 0 Å². The third-order valence-electron chi connectivity index (χ3n) is 4.33. The summed E-state index contributed by atoms with van der Waals surface area (Å²) in [7, 11) is 0. The topological polar surface area (TPSA) is 34.2 Å². The minimum atomic E-state index is 0.780. The molecular formula is C17H25N3O. The van der Waals surface area contributed by atoms with Gasteiger partial charge in [-0.3, -0.25) is 4.90 Å². The summed E-state index contributed by atoms with van der Waals surface area (Å²) >= 11 is 0. The molecule has 2 aromatic heterocycles. The van der Waals surface area contributed by atoms with Crippen LogP contribution in [0, 0.1) is 5.92 Å². The molecule has 1 fully saturated rings. The van der Waals surface area contributed by atoms with Crippen molar-refractivity contribution in [1.29, 1.82) is 0 Å². The van der Waals surface area contributed by atoms with E-state index >= 15 is 0 Å². The first kappa shape index (κ1) is 14.4. The summed E-state index contributed by atoms with van der Waals surface area (Å²) < 4.78 is 8.08. The molecule has 0 unspecified atom stereocenters. The van der Waals surface area contributed by atoms with Gasteiger partial charge in [0.2, 0.25) is 0 Å². The number of nitrogens with zero attached hydrogens (tertiary/aromatic N) is 3. The van der Waals surface area contributed by atoms with Gasteiger partial charge in [0, 0.05) is 25.4 Å². The molecule has 0 N–H and O–H groups in total. The highest BCUT2D eigenvalue weighted by atomic mass is 16.3. The van der Waals surface area contributed by atoms with Crippen molar-refractivity contribution < 1.29 is 4.42 Å². The van der Waals surface area contributed by atoms with Gasteiger partial charge < -0.3 is 8.98 Å². The summed E-state index contributed by atoms with van der Waals surface area (Å²) in [5.41, 5.74) is 0. The largest absolute Gasteiger partial charge is 0.465 e. The van der Waals surface area contributed by atoms with E-state index in [0.717, 1.165) is 43.4 Å². The lowest BCUT2D eigenvalue weighted by Crippen LogP contribution is -2.34. The zero-order valence-electron chi connectivity index (χ0n) is 12.9. The van der Waals surface area contributed by atoms with Gasteiger partial charge in [0.1, 0.15) is 11.5 Å². The van der Waals surface area contributed by atoms with Crippen LogP contribution in [0.3, 0.4) is 0 Å². The molecule has 1 aliphatic heterocycles. The molecular weight excluding hydrogens is 262 g/mol. The zero-order valence-corrected chi connectivity index (χ0v) is 12.9. The van der Waals surface area contributed by atoms with E-state index in [4.69, 9.17) is 4.42 Å². The first-order chi connectivity index (χ1) is 10.3. The molecule has 0 spiro atoms. The van der Waals surface area contributed by atoms with E-state index in [1.165, 1.54) is 25.9 Å². The number of likely N-dealkylation sites (tertiary alicyclic amines) is 1. The van der Waals surface area contributed by atoms with Crippen molar-refractivity contribution in [2.75, 3.05) is 13.1 Å². The van der Waals surface area contributed by atoms with Gasteiger partial charge in [-0.1, -0.05) is 6.92 Å². The molecule has 4 heteroatoms. The van der Waals surface area contributed by atoms with Gasteiger partial charge >= 0.3 is 0 Å². The Morgan fingerprint density at radius 2 is 2.05 bits per heavy atom. The Balaban J connectivity index is 1.44.